The van der Waals surface area contributed by atoms with Crippen molar-refractivity contribution in [3.05, 3.63) is 83.0 Å². The lowest BCUT2D eigenvalue weighted by atomic mass is 10.0. The van der Waals surface area contributed by atoms with Crippen LogP contribution in [0.15, 0.2) is 66.3 Å². The lowest BCUT2D eigenvalue weighted by molar-refractivity contribution is 0.102. The molecule has 174 valence electrons. The zero-order chi connectivity index (χ0) is 23.9. The van der Waals surface area contributed by atoms with Gasteiger partial charge < -0.3 is 14.6 Å². The molecule has 0 saturated heterocycles. The quantitative estimate of drug-likeness (QED) is 0.305. The van der Waals surface area contributed by atoms with Crippen LogP contribution in [0, 0.1) is 13.8 Å². The highest BCUT2D eigenvalue weighted by molar-refractivity contribution is 7.14. The van der Waals surface area contributed by atoms with Crippen molar-refractivity contribution in [1.29, 1.82) is 0 Å². The van der Waals surface area contributed by atoms with Crippen molar-refractivity contribution in [1.82, 2.24) is 9.97 Å². The largest absolute Gasteiger partial charge is 0.494 e. The summed E-state index contributed by atoms with van der Waals surface area (Å²) in [5.41, 5.74) is 4.40. The number of anilines is 1. The average molecular weight is 476 g/mol. The SMILES string of the molecule is Cc1cc(Oc2ccc(OCCCO)cc2)cc(C)c1-c1csc(NC(=O)c2ccncc2)n1. The predicted octanol–water partition coefficient (Wildman–Crippen LogP) is 5.63. The van der Waals surface area contributed by atoms with E-state index in [1.165, 1.54) is 11.3 Å². The number of carbonyl (C=O) groups is 1. The molecule has 0 spiro atoms. The number of nitrogens with one attached hydrogen (secondary N) is 1. The normalized spacial score (nSPS) is 10.7. The molecule has 0 atom stereocenters. The second-order valence-corrected chi connectivity index (χ2v) is 8.52. The van der Waals surface area contributed by atoms with E-state index in [9.17, 15) is 4.79 Å². The Morgan fingerprint density at radius 2 is 1.68 bits per heavy atom. The Morgan fingerprint density at radius 1 is 1.00 bits per heavy atom. The Bertz CT molecular complexity index is 1230. The lowest BCUT2D eigenvalue weighted by Gasteiger charge is -2.13. The minimum absolute atomic E-state index is 0.109. The Labute approximate surface area is 202 Å². The molecule has 0 aliphatic rings. The Morgan fingerprint density at radius 3 is 2.35 bits per heavy atom. The third-order valence-corrected chi connectivity index (χ3v) is 5.82. The first-order chi connectivity index (χ1) is 16.5. The van der Waals surface area contributed by atoms with Crippen molar-refractivity contribution in [2.24, 2.45) is 0 Å². The van der Waals surface area contributed by atoms with E-state index in [2.05, 4.69) is 15.3 Å². The maximum absolute atomic E-state index is 12.4. The van der Waals surface area contributed by atoms with Crippen LogP contribution in [0.4, 0.5) is 5.13 Å². The van der Waals surface area contributed by atoms with Crippen LogP contribution < -0.4 is 14.8 Å². The monoisotopic (exact) mass is 475 g/mol. The van der Waals surface area contributed by atoms with Gasteiger partial charge in [0.15, 0.2) is 5.13 Å². The molecule has 4 rings (SSSR count). The Kier molecular flexibility index (Phi) is 7.51. The van der Waals surface area contributed by atoms with Crippen LogP contribution in [0.5, 0.6) is 17.2 Å². The summed E-state index contributed by atoms with van der Waals surface area (Å²) in [4.78, 5) is 20.9. The number of aryl methyl sites for hydroxylation is 2. The summed E-state index contributed by atoms with van der Waals surface area (Å²) in [5.74, 6) is 1.95. The van der Waals surface area contributed by atoms with E-state index >= 15 is 0 Å². The predicted molar refractivity (Wildman–Crippen MR) is 133 cm³/mol. The van der Waals surface area contributed by atoms with Crippen molar-refractivity contribution in [3.8, 4) is 28.5 Å². The summed E-state index contributed by atoms with van der Waals surface area (Å²) >= 11 is 1.38. The minimum Gasteiger partial charge on any atom is -0.494 e. The molecule has 0 saturated carbocycles. The van der Waals surface area contributed by atoms with E-state index in [1.54, 1.807) is 24.5 Å². The molecule has 2 aromatic heterocycles. The number of aliphatic hydroxyl groups is 1. The first-order valence-corrected chi connectivity index (χ1v) is 11.7. The van der Waals surface area contributed by atoms with Crippen molar-refractivity contribution in [3.63, 3.8) is 0 Å². The highest BCUT2D eigenvalue weighted by atomic mass is 32.1. The molecule has 8 heteroatoms. The molecule has 0 bridgehead atoms. The van der Waals surface area contributed by atoms with Gasteiger partial charge in [0, 0.05) is 41.9 Å². The van der Waals surface area contributed by atoms with E-state index in [-0.39, 0.29) is 12.5 Å². The number of hydrogen-bond acceptors (Lipinski definition) is 7. The Balaban J connectivity index is 1.45. The number of carbonyl (C=O) groups excluding carboxylic acids is 1. The molecule has 0 aliphatic carbocycles. The van der Waals surface area contributed by atoms with E-state index in [4.69, 9.17) is 14.6 Å². The number of amides is 1. The number of rotatable bonds is 9. The first kappa shape index (κ1) is 23.4. The fourth-order valence-electron chi connectivity index (χ4n) is 3.50. The zero-order valence-corrected chi connectivity index (χ0v) is 19.8. The summed E-state index contributed by atoms with van der Waals surface area (Å²) in [6.07, 6.45) is 3.76. The molecule has 34 heavy (non-hydrogen) atoms. The van der Waals surface area contributed by atoms with Crippen LogP contribution >= 0.6 is 11.3 Å². The van der Waals surface area contributed by atoms with Crippen molar-refractivity contribution < 1.29 is 19.4 Å². The van der Waals surface area contributed by atoms with Crippen molar-refractivity contribution in [2.75, 3.05) is 18.5 Å². The van der Waals surface area contributed by atoms with Gasteiger partial charge in [-0.1, -0.05) is 0 Å². The molecular weight excluding hydrogens is 450 g/mol. The number of nitrogens with zero attached hydrogens (tertiary/aromatic N) is 2. The van der Waals surface area contributed by atoms with Crippen molar-refractivity contribution >= 4 is 22.4 Å². The fourth-order valence-corrected chi connectivity index (χ4v) is 4.20. The summed E-state index contributed by atoms with van der Waals surface area (Å²) in [5, 5.41) is 14.2. The van der Waals surface area contributed by atoms with Gasteiger partial charge in [0.05, 0.1) is 12.3 Å². The topological polar surface area (TPSA) is 93.6 Å². The average Bonchev–Trinajstić information content (AvgIpc) is 3.28. The minimum atomic E-state index is -0.217. The van der Waals surface area contributed by atoms with Gasteiger partial charge in [-0.25, -0.2) is 4.98 Å². The molecule has 2 heterocycles. The summed E-state index contributed by atoms with van der Waals surface area (Å²) < 4.78 is 11.6. The van der Waals surface area contributed by atoms with Crippen LogP contribution in [0.1, 0.15) is 27.9 Å². The molecule has 0 unspecified atom stereocenters. The van der Waals surface area contributed by atoms with Crippen LogP contribution in [0.3, 0.4) is 0 Å². The van der Waals surface area contributed by atoms with Crippen LogP contribution in [-0.4, -0.2) is 34.2 Å². The third kappa shape index (κ3) is 5.78. The van der Waals surface area contributed by atoms with E-state index in [0.717, 1.165) is 33.9 Å². The van der Waals surface area contributed by atoms with Gasteiger partial charge in [-0.05, 0) is 73.5 Å². The molecule has 1 amide bonds. The van der Waals surface area contributed by atoms with Gasteiger partial charge in [-0.15, -0.1) is 11.3 Å². The number of aromatic nitrogens is 2. The molecule has 0 aliphatic heterocycles. The van der Waals surface area contributed by atoms with Gasteiger partial charge in [-0.2, -0.15) is 0 Å². The second-order valence-electron chi connectivity index (χ2n) is 7.66. The van der Waals surface area contributed by atoms with E-state index in [1.807, 2.05) is 55.6 Å². The zero-order valence-electron chi connectivity index (χ0n) is 18.9. The third-order valence-electron chi connectivity index (χ3n) is 5.06. The second kappa shape index (κ2) is 10.9. The number of benzene rings is 2. The molecule has 4 aromatic rings. The molecule has 2 N–H and O–H groups in total. The molecule has 2 aromatic carbocycles. The van der Waals surface area contributed by atoms with Crippen LogP contribution in [0.2, 0.25) is 0 Å². The highest BCUT2D eigenvalue weighted by Crippen LogP contribution is 2.34. The number of hydrogen-bond donors (Lipinski definition) is 2. The van der Waals surface area contributed by atoms with Gasteiger partial charge >= 0.3 is 0 Å². The number of ether oxygens (including phenoxy) is 2. The fraction of sp³-hybridized carbons (Fsp3) is 0.192. The number of pyridine rings is 1. The maximum atomic E-state index is 12.4. The molecular formula is C26H25N3O4S. The van der Waals surface area contributed by atoms with Gasteiger partial charge in [0.25, 0.3) is 5.91 Å². The standard InChI is InChI=1S/C26H25N3O4S/c1-17-14-22(33-21-6-4-20(5-7-21)32-13-3-12-30)15-18(2)24(17)23-16-34-26(28-23)29-25(31)19-8-10-27-11-9-19/h4-11,14-16,30H,3,12-13H2,1-2H3,(H,28,29,31). The van der Waals surface area contributed by atoms with Gasteiger partial charge in [0.2, 0.25) is 0 Å². The van der Waals surface area contributed by atoms with Gasteiger partial charge in [0.1, 0.15) is 17.2 Å². The van der Waals surface area contributed by atoms with Crippen LogP contribution in [0.25, 0.3) is 11.3 Å². The molecule has 7 nitrogen and oxygen atoms in total. The van der Waals surface area contributed by atoms with Crippen LogP contribution in [-0.2, 0) is 0 Å². The molecule has 0 fully saturated rings. The highest BCUT2D eigenvalue weighted by Gasteiger charge is 2.14. The van der Waals surface area contributed by atoms with E-state index < -0.39 is 0 Å². The summed E-state index contributed by atoms with van der Waals surface area (Å²) in [6.45, 7) is 4.62. The molecule has 0 radical (unpaired) electrons. The first-order valence-electron chi connectivity index (χ1n) is 10.8. The Hall–Kier alpha value is -3.75. The number of aliphatic hydroxyl groups excluding tert-OH is 1. The van der Waals surface area contributed by atoms with Crippen molar-refractivity contribution in [2.45, 2.75) is 20.3 Å². The van der Waals surface area contributed by atoms with E-state index in [0.29, 0.717) is 29.5 Å². The summed E-state index contributed by atoms with van der Waals surface area (Å²) in [6, 6.07) is 14.7. The lowest BCUT2D eigenvalue weighted by Crippen LogP contribution is -2.11. The smallest absolute Gasteiger partial charge is 0.257 e. The summed E-state index contributed by atoms with van der Waals surface area (Å²) in [7, 11) is 0. The maximum Gasteiger partial charge on any atom is 0.257 e. The van der Waals surface area contributed by atoms with Gasteiger partial charge in [-0.3, -0.25) is 15.1 Å². The number of thiazole rings is 1.